The van der Waals surface area contributed by atoms with Crippen LogP contribution in [0.1, 0.15) is 54.8 Å². The summed E-state index contributed by atoms with van der Waals surface area (Å²) in [5.74, 6) is 1.83. The molecular weight excluding hydrogens is 294 g/mol. The molecule has 0 N–H and O–H groups in total. The molecular formula is C15H23N7O. The molecule has 4 rings (SSSR count). The third-order valence-electron chi connectivity index (χ3n) is 4.90. The van der Waals surface area contributed by atoms with Gasteiger partial charge in [0, 0.05) is 13.1 Å². The molecule has 1 aliphatic carbocycles. The lowest BCUT2D eigenvalue weighted by Gasteiger charge is -2.24. The van der Waals surface area contributed by atoms with E-state index in [1.54, 1.807) is 7.11 Å². The second-order valence-corrected chi connectivity index (χ2v) is 6.53. The van der Waals surface area contributed by atoms with E-state index < -0.39 is 0 Å². The highest BCUT2D eigenvalue weighted by atomic mass is 16.5. The number of aromatic nitrogens is 6. The highest BCUT2D eigenvalue weighted by Gasteiger charge is 2.34. The van der Waals surface area contributed by atoms with Crippen molar-refractivity contribution in [3.8, 4) is 5.88 Å². The van der Waals surface area contributed by atoms with Crippen molar-refractivity contribution in [3.05, 3.63) is 17.1 Å². The van der Waals surface area contributed by atoms with E-state index >= 15 is 0 Å². The van der Waals surface area contributed by atoms with Crippen LogP contribution >= 0.6 is 0 Å². The van der Waals surface area contributed by atoms with Gasteiger partial charge in [0.05, 0.1) is 31.0 Å². The van der Waals surface area contributed by atoms with Crippen molar-refractivity contribution in [1.29, 1.82) is 0 Å². The molecule has 0 amide bonds. The smallest absolute Gasteiger partial charge is 0.216 e. The quantitative estimate of drug-likeness (QED) is 0.830. The molecule has 0 radical (unpaired) electrons. The Bertz CT molecular complexity index is 703. The molecule has 0 spiro atoms. The van der Waals surface area contributed by atoms with Gasteiger partial charge in [-0.1, -0.05) is 0 Å². The minimum atomic E-state index is 0.322. The minimum absolute atomic E-state index is 0.322. The van der Waals surface area contributed by atoms with Gasteiger partial charge in [-0.2, -0.15) is 5.10 Å². The summed E-state index contributed by atoms with van der Waals surface area (Å²) in [5.41, 5.74) is 2.25. The molecule has 2 fully saturated rings. The predicted molar refractivity (Wildman–Crippen MR) is 83.0 cm³/mol. The number of ether oxygens (including phenoxy) is 1. The lowest BCUT2D eigenvalue weighted by molar-refractivity contribution is 0.230. The van der Waals surface area contributed by atoms with Crippen LogP contribution in [-0.4, -0.2) is 48.5 Å². The number of tetrazole rings is 1. The van der Waals surface area contributed by atoms with Crippen molar-refractivity contribution < 1.29 is 4.74 Å². The SMILES string of the molecule is COc1c([C@H]2CCCN2Cc2nnnn2C2CC2)c(C)nn1C. The number of hydrogen-bond donors (Lipinski definition) is 0. The van der Waals surface area contributed by atoms with Gasteiger partial charge in [-0.05, 0) is 49.6 Å². The molecule has 8 nitrogen and oxygen atoms in total. The topological polar surface area (TPSA) is 73.9 Å². The van der Waals surface area contributed by atoms with Crippen molar-refractivity contribution in [2.24, 2.45) is 7.05 Å². The maximum absolute atomic E-state index is 5.59. The van der Waals surface area contributed by atoms with E-state index in [-0.39, 0.29) is 0 Å². The largest absolute Gasteiger partial charge is 0.481 e. The minimum Gasteiger partial charge on any atom is -0.481 e. The summed E-state index contributed by atoms with van der Waals surface area (Å²) in [7, 11) is 3.65. The van der Waals surface area contributed by atoms with E-state index in [4.69, 9.17) is 4.74 Å². The molecule has 1 atom stereocenters. The fourth-order valence-electron chi connectivity index (χ4n) is 3.72. The monoisotopic (exact) mass is 317 g/mol. The Kier molecular flexibility index (Phi) is 3.56. The fraction of sp³-hybridized carbons (Fsp3) is 0.733. The van der Waals surface area contributed by atoms with E-state index in [1.165, 1.54) is 24.8 Å². The van der Waals surface area contributed by atoms with Crippen molar-refractivity contribution in [3.63, 3.8) is 0 Å². The molecule has 2 aliphatic rings. The lowest BCUT2D eigenvalue weighted by Crippen LogP contribution is -2.25. The standard InChI is InChI=1S/C15H23N7O/c1-10-14(15(23-3)20(2)17-10)12-5-4-8-21(12)9-13-16-18-19-22(13)11-6-7-11/h11-12H,4-9H2,1-3H3/t12-/m1/s1. The van der Waals surface area contributed by atoms with Crippen molar-refractivity contribution in [2.45, 2.75) is 51.2 Å². The Morgan fingerprint density at radius 3 is 2.83 bits per heavy atom. The number of aryl methyl sites for hydroxylation is 2. The lowest BCUT2D eigenvalue weighted by atomic mass is 10.1. The van der Waals surface area contributed by atoms with Gasteiger partial charge < -0.3 is 4.74 Å². The van der Waals surface area contributed by atoms with Crippen LogP contribution in [0.5, 0.6) is 5.88 Å². The maximum Gasteiger partial charge on any atom is 0.216 e. The van der Waals surface area contributed by atoms with Gasteiger partial charge >= 0.3 is 0 Å². The van der Waals surface area contributed by atoms with E-state index in [9.17, 15) is 0 Å². The van der Waals surface area contributed by atoms with Gasteiger partial charge in [-0.25, -0.2) is 9.36 Å². The Balaban J connectivity index is 1.61. The molecule has 2 aromatic rings. The number of methoxy groups -OCH3 is 1. The van der Waals surface area contributed by atoms with E-state index in [0.29, 0.717) is 12.1 Å². The van der Waals surface area contributed by atoms with Crippen LogP contribution in [-0.2, 0) is 13.6 Å². The fourth-order valence-corrected chi connectivity index (χ4v) is 3.72. The molecule has 3 heterocycles. The maximum atomic E-state index is 5.59. The molecule has 124 valence electrons. The van der Waals surface area contributed by atoms with Gasteiger partial charge in [0.2, 0.25) is 5.88 Å². The predicted octanol–water partition coefficient (Wildman–Crippen LogP) is 1.40. The van der Waals surface area contributed by atoms with Gasteiger partial charge in [-0.15, -0.1) is 5.10 Å². The van der Waals surface area contributed by atoms with E-state index in [2.05, 4.69) is 32.4 Å². The van der Waals surface area contributed by atoms with Crippen molar-refractivity contribution in [2.75, 3.05) is 13.7 Å². The van der Waals surface area contributed by atoms with Crippen LogP contribution in [0, 0.1) is 6.92 Å². The zero-order valence-electron chi connectivity index (χ0n) is 13.9. The molecule has 0 aromatic carbocycles. The van der Waals surface area contributed by atoms with Gasteiger partial charge in [0.15, 0.2) is 5.82 Å². The van der Waals surface area contributed by atoms with Crippen LogP contribution in [0.15, 0.2) is 0 Å². The molecule has 0 bridgehead atoms. The molecule has 8 heteroatoms. The molecule has 1 saturated heterocycles. The molecule has 1 saturated carbocycles. The second kappa shape index (κ2) is 5.59. The summed E-state index contributed by atoms with van der Waals surface area (Å²) < 4.78 is 9.42. The van der Waals surface area contributed by atoms with Gasteiger partial charge in [0.25, 0.3) is 0 Å². The zero-order chi connectivity index (χ0) is 16.0. The van der Waals surface area contributed by atoms with Crippen LogP contribution in [0.2, 0.25) is 0 Å². The molecule has 2 aromatic heterocycles. The first-order valence-corrected chi connectivity index (χ1v) is 8.27. The highest BCUT2D eigenvalue weighted by molar-refractivity contribution is 5.35. The second-order valence-electron chi connectivity index (χ2n) is 6.53. The average Bonchev–Trinajstić information content (AvgIpc) is 2.98. The van der Waals surface area contributed by atoms with Crippen LogP contribution in [0.3, 0.4) is 0 Å². The Morgan fingerprint density at radius 1 is 1.26 bits per heavy atom. The number of hydrogen-bond acceptors (Lipinski definition) is 6. The van der Waals surface area contributed by atoms with Crippen LogP contribution in [0.4, 0.5) is 0 Å². The summed E-state index contributed by atoms with van der Waals surface area (Å²) in [4.78, 5) is 2.46. The highest BCUT2D eigenvalue weighted by Crippen LogP contribution is 2.40. The third-order valence-corrected chi connectivity index (χ3v) is 4.90. The normalized spacial score (nSPS) is 22.0. The van der Waals surface area contributed by atoms with Gasteiger partial charge in [-0.3, -0.25) is 4.90 Å². The number of likely N-dealkylation sites (tertiary alicyclic amines) is 1. The Hall–Kier alpha value is -1.96. The van der Waals surface area contributed by atoms with Crippen LogP contribution < -0.4 is 4.74 Å². The van der Waals surface area contributed by atoms with Crippen molar-refractivity contribution in [1.82, 2.24) is 34.9 Å². The Labute approximate surface area is 135 Å². The summed E-state index contributed by atoms with van der Waals surface area (Å²) in [5, 5.41) is 16.8. The summed E-state index contributed by atoms with van der Waals surface area (Å²) >= 11 is 0. The van der Waals surface area contributed by atoms with E-state index in [0.717, 1.165) is 36.9 Å². The van der Waals surface area contributed by atoms with Crippen molar-refractivity contribution >= 4 is 0 Å². The zero-order valence-corrected chi connectivity index (χ0v) is 13.9. The number of nitrogens with zero attached hydrogens (tertiary/aromatic N) is 7. The van der Waals surface area contributed by atoms with E-state index in [1.807, 2.05) is 16.4 Å². The Morgan fingerprint density at radius 2 is 2.09 bits per heavy atom. The summed E-state index contributed by atoms with van der Waals surface area (Å²) in [6.07, 6.45) is 4.68. The average molecular weight is 317 g/mol. The summed E-state index contributed by atoms with van der Waals surface area (Å²) in [6, 6.07) is 0.832. The third kappa shape index (κ3) is 2.50. The summed E-state index contributed by atoms with van der Waals surface area (Å²) in [6.45, 7) is 3.90. The first-order chi connectivity index (χ1) is 11.2. The first kappa shape index (κ1) is 14.6. The number of rotatable bonds is 5. The first-order valence-electron chi connectivity index (χ1n) is 8.27. The molecule has 0 unspecified atom stereocenters. The molecule has 23 heavy (non-hydrogen) atoms. The van der Waals surface area contributed by atoms with Gasteiger partial charge in [0.1, 0.15) is 0 Å². The van der Waals surface area contributed by atoms with Crippen LogP contribution in [0.25, 0.3) is 0 Å². The molecule has 1 aliphatic heterocycles.